The predicted octanol–water partition coefficient (Wildman–Crippen LogP) is 9.77. The van der Waals surface area contributed by atoms with Crippen LogP contribution in [0.15, 0.2) is 91.0 Å². The highest BCUT2D eigenvalue weighted by atomic mass is 16.5. The zero-order valence-corrected chi connectivity index (χ0v) is 37.4. The molecule has 3 aliphatic heterocycles. The lowest BCUT2D eigenvalue weighted by atomic mass is 9.64. The molecule has 10 heteroatoms. The lowest BCUT2D eigenvalue weighted by Gasteiger charge is -2.41. The number of aromatic hydroxyl groups is 2. The van der Waals surface area contributed by atoms with Gasteiger partial charge in [0.05, 0.1) is 43.8 Å². The van der Waals surface area contributed by atoms with Gasteiger partial charge in [0.15, 0.2) is 17.3 Å². The molecule has 0 amide bonds. The Labute approximate surface area is 381 Å². The van der Waals surface area contributed by atoms with Gasteiger partial charge < -0.3 is 44.7 Å². The molecule has 5 aromatic rings. The third-order valence-corrected chi connectivity index (χ3v) is 15.1. The lowest BCUT2D eigenvalue weighted by Crippen LogP contribution is -2.50. The number of aromatic amines is 1. The van der Waals surface area contributed by atoms with E-state index in [4.69, 9.17) is 14.2 Å². The first-order valence-corrected chi connectivity index (χ1v) is 23.4. The number of hydrogen-bond donors (Lipinski definition) is 5. The molecule has 1 unspecified atom stereocenters. The molecule has 4 bridgehead atoms. The van der Waals surface area contributed by atoms with Crippen LogP contribution in [0.4, 0.5) is 5.82 Å². The van der Waals surface area contributed by atoms with E-state index in [1.807, 2.05) is 36.4 Å². The number of piperazine rings is 1. The molecule has 1 spiro atoms. The molecule has 5 atom stereocenters. The van der Waals surface area contributed by atoms with Crippen LogP contribution in [0.5, 0.6) is 28.7 Å². The number of benzene rings is 4. The number of H-pyrrole nitrogens is 1. The van der Waals surface area contributed by atoms with Crippen LogP contribution in [-0.2, 0) is 11.8 Å². The topological polar surface area (TPSA) is 137 Å². The lowest BCUT2D eigenvalue weighted by molar-refractivity contribution is 0.0836. The number of fused-ring (bicyclic) bond motifs is 8. The SMILES string of the molecule is COc1c(O)c([C@@H]2C#C[C@@H]3CN(CCN3)c3[nH]c([C@]4(C)CCCC45CCCC5)cc3-c3cccc(c3)C2)c2c(c1OCC[C@@H](O)/C=C/c1ccccc1)C(=O)CC(c1ccc(O)cc1)O2. The third kappa shape index (κ3) is 8.04. The molecule has 0 radical (unpaired) electrons. The zero-order chi connectivity index (χ0) is 44.7. The summed E-state index contributed by atoms with van der Waals surface area (Å²) >= 11 is 0. The molecule has 5 aliphatic rings. The molecule has 1 saturated heterocycles. The van der Waals surface area contributed by atoms with E-state index >= 15 is 0 Å². The summed E-state index contributed by atoms with van der Waals surface area (Å²) in [5.74, 6) is 7.61. The molecule has 4 aromatic carbocycles. The number of ketones is 1. The Morgan fingerprint density at radius 3 is 2.54 bits per heavy atom. The van der Waals surface area contributed by atoms with Crippen LogP contribution >= 0.6 is 0 Å². The van der Waals surface area contributed by atoms with E-state index in [2.05, 4.69) is 64.3 Å². The number of methoxy groups -OCH3 is 1. The Morgan fingerprint density at radius 2 is 1.74 bits per heavy atom. The van der Waals surface area contributed by atoms with Crippen LogP contribution in [-0.4, -0.2) is 71.6 Å². The van der Waals surface area contributed by atoms with Crippen molar-refractivity contribution < 1.29 is 34.3 Å². The number of aliphatic hydroxyl groups excluding tert-OH is 1. The summed E-state index contributed by atoms with van der Waals surface area (Å²) < 4.78 is 19.1. The number of aliphatic hydroxyl groups is 1. The second-order valence-corrected chi connectivity index (χ2v) is 18.9. The van der Waals surface area contributed by atoms with Gasteiger partial charge in [-0.05, 0) is 78.0 Å². The number of nitrogens with one attached hydrogen (secondary N) is 2. The number of carbonyl (C=O) groups is 1. The van der Waals surface area contributed by atoms with E-state index in [0.717, 1.165) is 35.6 Å². The van der Waals surface area contributed by atoms with Gasteiger partial charge in [0, 0.05) is 42.7 Å². The minimum absolute atomic E-state index is 0.00862. The highest BCUT2D eigenvalue weighted by Gasteiger charge is 2.54. The molecule has 3 fully saturated rings. The second kappa shape index (κ2) is 17.7. The van der Waals surface area contributed by atoms with Crippen molar-refractivity contribution in [1.82, 2.24) is 10.3 Å². The summed E-state index contributed by atoms with van der Waals surface area (Å²) in [6, 6.07) is 27.3. The Balaban J connectivity index is 1.05. The average Bonchev–Trinajstić information content (AvgIpc) is 4.08. The first kappa shape index (κ1) is 42.8. The highest BCUT2D eigenvalue weighted by molar-refractivity contribution is 6.05. The molecule has 2 aliphatic carbocycles. The van der Waals surface area contributed by atoms with Crippen molar-refractivity contribution in [3.8, 4) is 51.7 Å². The molecular weight excluding hydrogens is 815 g/mol. The smallest absolute Gasteiger partial charge is 0.204 e. The van der Waals surface area contributed by atoms with Crippen molar-refractivity contribution in [3.63, 3.8) is 0 Å². The van der Waals surface area contributed by atoms with E-state index in [-0.39, 0.29) is 71.0 Å². The molecule has 336 valence electrons. The Kier molecular flexibility index (Phi) is 11.6. The third-order valence-electron chi connectivity index (χ3n) is 15.1. The van der Waals surface area contributed by atoms with Crippen LogP contribution < -0.4 is 24.4 Å². The number of anilines is 1. The molecule has 65 heavy (non-hydrogen) atoms. The van der Waals surface area contributed by atoms with E-state index in [0.29, 0.717) is 29.5 Å². The average molecular weight is 874 g/mol. The summed E-state index contributed by atoms with van der Waals surface area (Å²) in [5.41, 5.74) is 7.30. The van der Waals surface area contributed by atoms with Gasteiger partial charge in [0.1, 0.15) is 29.0 Å². The first-order valence-electron chi connectivity index (χ1n) is 23.4. The standard InChI is InChI=1S/C55H59N3O7/c1-54(23-9-26-55(54)24-6-7-25-55)46-32-43-38-13-8-12-36(30-38)31-39(15-18-40-34-58(28-27-56-40)53(43)57-46)47-49(62)52(63-2)51(64-29-22-42(60)19-14-35-10-4-3-5-11-35)48-44(61)33-45(65-50(47)48)37-16-20-41(59)21-17-37/h3-5,8,10-14,16-17,19-21,30,32,39-40,42,45,56-57,59-60,62H,6-7,9,22-29,31,33-34H2,1-2H3/b19-14+/t39-,40-,42+,45?,54+/m1/s1. The van der Waals surface area contributed by atoms with E-state index in [9.17, 15) is 20.1 Å². The maximum absolute atomic E-state index is 14.6. The van der Waals surface area contributed by atoms with Gasteiger partial charge in [0.2, 0.25) is 5.75 Å². The normalized spacial score (nSPS) is 23.7. The molecular formula is C55H59N3O7. The van der Waals surface area contributed by atoms with Crippen LogP contribution in [0.2, 0.25) is 0 Å². The Bertz CT molecular complexity index is 2650. The minimum Gasteiger partial charge on any atom is -0.508 e. The van der Waals surface area contributed by atoms with Crippen molar-refractivity contribution in [2.45, 2.75) is 101 Å². The number of Topliss-reactive ketones (excluding diaryl/α,β-unsaturated/α-hetero) is 1. The van der Waals surface area contributed by atoms with Gasteiger partial charge in [0.25, 0.3) is 0 Å². The first-order chi connectivity index (χ1) is 31.6. The van der Waals surface area contributed by atoms with Crippen molar-refractivity contribution in [2.24, 2.45) is 5.41 Å². The van der Waals surface area contributed by atoms with Crippen molar-refractivity contribution in [3.05, 3.63) is 125 Å². The number of ether oxygens (including phenoxy) is 3. The van der Waals surface area contributed by atoms with E-state index in [1.54, 1.807) is 30.3 Å². The molecule has 10 nitrogen and oxygen atoms in total. The fourth-order valence-electron chi connectivity index (χ4n) is 11.6. The van der Waals surface area contributed by atoms with Gasteiger partial charge in [-0.3, -0.25) is 4.79 Å². The maximum atomic E-state index is 14.6. The molecule has 2 saturated carbocycles. The largest absolute Gasteiger partial charge is 0.508 e. The molecule has 10 rings (SSSR count). The number of hydrogen-bond acceptors (Lipinski definition) is 9. The fraction of sp³-hybridized carbons (Fsp3) is 0.400. The number of aromatic nitrogens is 1. The van der Waals surface area contributed by atoms with Crippen LogP contribution in [0.25, 0.3) is 17.2 Å². The number of phenolic OH excluding ortho intramolecular Hbond substituents is 2. The van der Waals surface area contributed by atoms with Gasteiger partial charge in [-0.15, -0.1) is 0 Å². The summed E-state index contributed by atoms with van der Waals surface area (Å²) in [6.45, 7) is 4.79. The number of nitrogens with zero attached hydrogens (tertiary/aromatic N) is 1. The monoisotopic (exact) mass is 873 g/mol. The van der Waals surface area contributed by atoms with Crippen molar-refractivity contribution in [2.75, 3.05) is 38.3 Å². The van der Waals surface area contributed by atoms with Crippen molar-refractivity contribution in [1.29, 1.82) is 0 Å². The minimum atomic E-state index is -0.828. The van der Waals surface area contributed by atoms with Crippen molar-refractivity contribution >= 4 is 17.7 Å². The Hall–Kier alpha value is -6.15. The van der Waals surface area contributed by atoms with Gasteiger partial charge in [-0.2, -0.15) is 0 Å². The van der Waals surface area contributed by atoms with E-state index < -0.39 is 18.1 Å². The van der Waals surface area contributed by atoms with Gasteiger partial charge >= 0.3 is 0 Å². The molecule has 4 heterocycles. The number of phenols is 2. The number of rotatable bonds is 10. The quantitative estimate of drug-likeness (QED) is 0.0870. The molecule has 1 aromatic heterocycles. The van der Waals surface area contributed by atoms with Gasteiger partial charge in [-0.1, -0.05) is 117 Å². The zero-order valence-electron chi connectivity index (χ0n) is 37.4. The molecule has 5 N–H and O–H groups in total. The van der Waals surface area contributed by atoms with Crippen LogP contribution in [0, 0.1) is 17.3 Å². The highest BCUT2D eigenvalue weighted by Crippen LogP contribution is 2.62. The fourth-order valence-corrected chi connectivity index (χ4v) is 11.6. The predicted molar refractivity (Wildman–Crippen MR) is 253 cm³/mol. The Morgan fingerprint density at radius 1 is 0.938 bits per heavy atom. The van der Waals surface area contributed by atoms with Crippen LogP contribution in [0.1, 0.15) is 115 Å². The maximum Gasteiger partial charge on any atom is 0.204 e. The summed E-state index contributed by atoms with van der Waals surface area (Å²) in [5, 5.41) is 37.1. The summed E-state index contributed by atoms with van der Waals surface area (Å²) in [4.78, 5) is 21.1. The summed E-state index contributed by atoms with van der Waals surface area (Å²) in [6.07, 6.45) is 11.6. The van der Waals surface area contributed by atoms with Crippen LogP contribution in [0.3, 0.4) is 0 Å². The second-order valence-electron chi connectivity index (χ2n) is 18.9. The number of carbonyl (C=O) groups excluding carboxylic acids is 1. The summed E-state index contributed by atoms with van der Waals surface area (Å²) in [7, 11) is 1.45. The van der Waals surface area contributed by atoms with E-state index in [1.165, 1.54) is 63.3 Å². The van der Waals surface area contributed by atoms with Gasteiger partial charge in [-0.25, -0.2) is 0 Å².